The highest BCUT2D eigenvalue weighted by Crippen LogP contribution is 2.46. The molecule has 4 aromatic rings. The summed E-state index contributed by atoms with van der Waals surface area (Å²) < 4.78 is 11.8. The van der Waals surface area contributed by atoms with Crippen LogP contribution in [0.4, 0.5) is 5.13 Å². The molecule has 3 heterocycles. The molecule has 5 rings (SSSR count). The summed E-state index contributed by atoms with van der Waals surface area (Å²) in [5.41, 5.74) is 3.46. The van der Waals surface area contributed by atoms with E-state index < -0.39 is 23.5 Å². The van der Waals surface area contributed by atoms with E-state index in [0.29, 0.717) is 27.1 Å². The molecule has 0 radical (unpaired) electrons. The van der Waals surface area contributed by atoms with Crippen LogP contribution in [0.25, 0.3) is 10.2 Å². The molecule has 35 heavy (non-hydrogen) atoms. The molecule has 1 aliphatic rings. The molecule has 0 saturated heterocycles. The van der Waals surface area contributed by atoms with Gasteiger partial charge >= 0.3 is 0 Å². The van der Waals surface area contributed by atoms with E-state index in [2.05, 4.69) is 0 Å². The van der Waals surface area contributed by atoms with Gasteiger partial charge in [0, 0.05) is 0 Å². The fourth-order valence-corrected chi connectivity index (χ4v) is 6.22. The number of aliphatic hydroxyl groups is 1. The molecule has 178 valence electrons. The van der Waals surface area contributed by atoms with Gasteiger partial charge in [-0.2, -0.15) is 0 Å². The van der Waals surface area contributed by atoms with Crippen LogP contribution in [-0.4, -0.2) is 36.0 Å². The summed E-state index contributed by atoms with van der Waals surface area (Å²) in [4.78, 5) is 33.6. The zero-order chi connectivity index (χ0) is 24.9. The average molecular weight is 507 g/mol. The van der Waals surface area contributed by atoms with Gasteiger partial charge in [0.2, 0.25) is 5.78 Å². The second-order valence-corrected chi connectivity index (χ2v) is 10.1. The van der Waals surface area contributed by atoms with Crippen LogP contribution in [-0.2, 0) is 4.79 Å². The molecule has 1 N–H and O–H groups in total. The highest BCUT2D eigenvalue weighted by atomic mass is 32.1. The third-order valence-electron chi connectivity index (χ3n) is 5.95. The molecule has 0 aliphatic carbocycles. The van der Waals surface area contributed by atoms with E-state index in [0.717, 1.165) is 21.3 Å². The first kappa shape index (κ1) is 23.1. The van der Waals surface area contributed by atoms with Gasteiger partial charge < -0.3 is 14.6 Å². The van der Waals surface area contributed by atoms with Crippen LogP contribution in [0, 0.1) is 13.8 Å². The number of anilines is 1. The SMILES string of the molecule is COc1ccc([C@H]2C(C(=O)c3cccs3)=C(O)C(=O)N2c2nc3c(C)cc(C)cc3s2)cc1OC. The molecule has 7 nitrogen and oxygen atoms in total. The number of rotatable bonds is 6. The van der Waals surface area contributed by atoms with Crippen molar-refractivity contribution < 1.29 is 24.2 Å². The van der Waals surface area contributed by atoms with Crippen molar-refractivity contribution in [1.82, 2.24) is 4.98 Å². The fraction of sp³-hybridized carbons (Fsp3) is 0.192. The molecule has 0 fully saturated rings. The summed E-state index contributed by atoms with van der Waals surface area (Å²) in [6.45, 7) is 3.97. The number of methoxy groups -OCH3 is 2. The first-order chi connectivity index (χ1) is 16.8. The Morgan fingerprint density at radius 1 is 1.09 bits per heavy atom. The van der Waals surface area contributed by atoms with Gasteiger partial charge in [0.25, 0.3) is 5.91 Å². The molecular formula is C26H22N2O5S2. The van der Waals surface area contributed by atoms with Crippen LogP contribution in [0.1, 0.15) is 32.4 Å². The number of amides is 1. The molecule has 1 atom stereocenters. The van der Waals surface area contributed by atoms with E-state index in [1.54, 1.807) is 35.7 Å². The van der Waals surface area contributed by atoms with E-state index in [9.17, 15) is 14.7 Å². The third-order valence-corrected chi connectivity index (χ3v) is 7.82. The number of fused-ring (bicyclic) bond motifs is 1. The number of aromatic nitrogens is 1. The molecule has 0 spiro atoms. The van der Waals surface area contributed by atoms with Crippen molar-refractivity contribution in [2.24, 2.45) is 0 Å². The standard InChI is InChI=1S/C26H22N2O5S2/c1-13-10-14(2)21-19(11-13)35-26(27-21)28-22(15-7-8-16(32-3)17(12-15)33-4)20(24(30)25(28)31)23(29)18-6-5-9-34-18/h5-12,22,30H,1-4H3/t22-/m0/s1. The summed E-state index contributed by atoms with van der Waals surface area (Å²) in [6, 6.07) is 11.8. The van der Waals surface area contributed by atoms with Gasteiger partial charge in [0.05, 0.1) is 40.9 Å². The number of aliphatic hydroxyl groups excluding tert-OH is 1. The lowest BCUT2D eigenvalue weighted by atomic mass is 9.95. The number of benzene rings is 2. The average Bonchev–Trinajstić information content (AvgIpc) is 3.57. The van der Waals surface area contributed by atoms with E-state index in [1.807, 2.05) is 26.0 Å². The minimum Gasteiger partial charge on any atom is -0.503 e. The van der Waals surface area contributed by atoms with Crippen molar-refractivity contribution in [1.29, 1.82) is 0 Å². The van der Waals surface area contributed by atoms with E-state index in [-0.39, 0.29) is 5.57 Å². The number of thiazole rings is 1. The second-order valence-electron chi connectivity index (χ2n) is 8.19. The number of carbonyl (C=O) groups excluding carboxylic acids is 2. The summed E-state index contributed by atoms with van der Waals surface area (Å²) in [6.07, 6.45) is 0. The van der Waals surface area contributed by atoms with Gasteiger partial charge in [-0.15, -0.1) is 11.3 Å². The monoisotopic (exact) mass is 506 g/mol. The topological polar surface area (TPSA) is 89.0 Å². The summed E-state index contributed by atoms with van der Waals surface area (Å²) in [7, 11) is 3.05. The zero-order valence-electron chi connectivity index (χ0n) is 19.5. The predicted octanol–water partition coefficient (Wildman–Crippen LogP) is 5.77. The summed E-state index contributed by atoms with van der Waals surface area (Å²) in [5.74, 6) is -0.685. The van der Waals surface area contributed by atoms with Gasteiger partial charge in [-0.1, -0.05) is 29.5 Å². The van der Waals surface area contributed by atoms with Crippen molar-refractivity contribution in [3.05, 3.63) is 80.7 Å². The number of hydrogen-bond acceptors (Lipinski definition) is 8. The molecule has 1 aliphatic heterocycles. The maximum atomic E-state index is 13.5. The Kier molecular flexibility index (Phi) is 5.82. The number of Topliss-reactive ketones (excluding diaryl/α,β-unsaturated/α-hetero) is 1. The maximum absolute atomic E-state index is 13.5. The van der Waals surface area contributed by atoms with E-state index in [4.69, 9.17) is 14.5 Å². The smallest absolute Gasteiger partial charge is 0.296 e. The number of nitrogens with zero attached hydrogens (tertiary/aromatic N) is 2. The van der Waals surface area contributed by atoms with Crippen molar-refractivity contribution >= 4 is 49.7 Å². The van der Waals surface area contributed by atoms with Crippen LogP contribution in [0.5, 0.6) is 11.5 Å². The molecule has 1 amide bonds. The Morgan fingerprint density at radius 3 is 2.54 bits per heavy atom. The van der Waals surface area contributed by atoms with Crippen molar-refractivity contribution in [3.8, 4) is 11.5 Å². The Hall–Kier alpha value is -3.69. The van der Waals surface area contributed by atoms with Crippen LogP contribution >= 0.6 is 22.7 Å². The van der Waals surface area contributed by atoms with Gasteiger partial charge in [0.1, 0.15) is 0 Å². The van der Waals surface area contributed by atoms with Crippen LogP contribution < -0.4 is 14.4 Å². The van der Waals surface area contributed by atoms with Gasteiger partial charge in [-0.25, -0.2) is 4.98 Å². The number of carbonyl (C=O) groups is 2. The van der Waals surface area contributed by atoms with Crippen LogP contribution in [0.3, 0.4) is 0 Å². The molecule has 9 heteroatoms. The lowest BCUT2D eigenvalue weighted by Gasteiger charge is -2.25. The number of hydrogen-bond donors (Lipinski definition) is 1. The molecular weight excluding hydrogens is 484 g/mol. The summed E-state index contributed by atoms with van der Waals surface area (Å²) in [5, 5.41) is 13.2. The van der Waals surface area contributed by atoms with Crippen molar-refractivity contribution in [3.63, 3.8) is 0 Å². The predicted molar refractivity (Wildman–Crippen MR) is 137 cm³/mol. The second kappa shape index (κ2) is 8.83. The fourth-order valence-electron chi connectivity index (χ4n) is 4.38. The third kappa shape index (κ3) is 3.77. The Bertz CT molecular complexity index is 1500. The highest BCUT2D eigenvalue weighted by Gasteiger charge is 2.46. The number of aryl methyl sites for hydroxylation is 2. The van der Waals surface area contributed by atoms with E-state index in [1.165, 1.54) is 41.8 Å². The molecule has 0 unspecified atom stereocenters. The Balaban J connectivity index is 1.71. The Labute approximate surface area is 209 Å². The molecule has 0 saturated carbocycles. The number of ether oxygens (including phenoxy) is 2. The minimum absolute atomic E-state index is 0.0110. The molecule has 0 bridgehead atoms. The lowest BCUT2D eigenvalue weighted by molar-refractivity contribution is -0.117. The molecule has 2 aromatic heterocycles. The largest absolute Gasteiger partial charge is 0.503 e. The Morgan fingerprint density at radius 2 is 1.86 bits per heavy atom. The first-order valence-corrected chi connectivity index (χ1v) is 12.5. The van der Waals surface area contributed by atoms with Gasteiger partial charge in [-0.05, 0) is 60.2 Å². The first-order valence-electron chi connectivity index (χ1n) is 10.8. The number of thiophene rings is 1. The minimum atomic E-state index is -0.890. The van der Waals surface area contributed by atoms with E-state index >= 15 is 0 Å². The van der Waals surface area contributed by atoms with Crippen molar-refractivity contribution in [2.75, 3.05) is 19.1 Å². The van der Waals surface area contributed by atoms with Gasteiger partial charge in [0.15, 0.2) is 22.4 Å². The summed E-state index contributed by atoms with van der Waals surface area (Å²) >= 11 is 2.60. The zero-order valence-corrected chi connectivity index (χ0v) is 21.1. The van der Waals surface area contributed by atoms with Crippen LogP contribution in [0.2, 0.25) is 0 Å². The molecule has 2 aromatic carbocycles. The van der Waals surface area contributed by atoms with Crippen LogP contribution in [0.15, 0.2) is 59.2 Å². The maximum Gasteiger partial charge on any atom is 0.296 e. The highest BCUT2D eigenvalue weighted by molar-refractivity contribution is 7.22. The van der Waals surface area contributed by atoms with Crippen molar-refractivity contribution in [2.45, 2.75) is 19.9 Å². The quantitative estimate of drug-likeness (QED) is 0.334. The lowest BCUT2D eigenvalue weighted by Crippen LogP contribution is -2.31. The van der Waals surface area contributed by atoms with Gasteiger partial charge in [-0.3, -0.25) is 14.5 Å². The number of ketones is 1. The normalized spacial score (nSPS) is 15.8.